The highest BCUT2D eigenvalue weighted by atomic mass is 15.1. The standard InChI is InChI=1S/C13H21N3/c1-10-3-12(7-15-6-10)9-16(2)8-11-4-13(14)5-11/h3,6-7,11,13H,4-5,8-9,14H2,1-2H3. The summed E-state index contributed by atoms with van der Waals surface area (Å²) >= 11 is 0. The molecule has 0 amide bonds. The van der Waals surface area contributed by atoms with Gasteiger partial charge < -0.3 is 10.6 Å². The Morgan fingerprint density at radius 1 is 1.44 bits per heavy atom. The van der Waals surface area contributed by atoms with Crippen LogP contribution in [-0.2, 0) is 6.54 Å². The molecule has 0 spiro atoms. The van der Waals surface area contributed by atoms with Crippen LogP contribution < -0.4 is 5.73 Å². The number of rotatable bonds is 4. The fraction of sp³-hybridized carbons (Fsp3) is 0.615. The molecule has 3 nitrogen and oxygen atoms in total. The first-order valence-electron chi connectivity index (χ1n) is 5.98. The van der Waals surface area contributed by atoms with E-state index in [9.17, 15) is 0 Å². The van der Waals surface area contributed by atoms with Crippen molar-refractivity contribution in [3.05, 3.63) is 29.6 Å². The predicted octanol–water partition coefficient (Wildman–Crippen LogP) is 1.56. The molecule has 1 aromatic heterocycles. The number of hydrogen-bond acceptors (Lipinski definition) is 3. The van der Waals surface area contributed by atoms with Crippen LogP contribution in [0.4, 0.5) is 0 Å². The average molecular weight is 219 g/mol. The Hall–Kier alpha value is -0.930. The van der Waals surface area contributed by atoms with E-state index >= 15 is 0 Å². The number of hydrogen-bond donors (Lipinski definition) is 1. The van der Waals surface area contributed by atoms with E-state index < -0.39 is 0 Å². The minimum Gasteiger partial charge on any atom is -0.328 e. The summed E-state index contributed by atoms with van der Waals surface area (Å²) in [7, 11) is 2.17. The Labute approximate surface area is 97.7 Å². The molecule has 3 heteroatoms. The molecule has 0 radical (unpaired) electrons. The van der Waals surface area contributed by atoms with Crippen LogP contribution in [0.3, 0.4) is 0 Å². The highest BCUT2D eigenvalue weighted by Crippen LogP contribution is 2.26. The van der Waals surface area contributed by atoms with Crippen molar-refractivity contribution >= 4 is 0 Å². The molecule has 1 aliphatic carbocycles. The number of nitrogens with two attached hydrogens (primary N) is 1. The second-order valence-corrected chi connectivity index (χ2v) is 5.16. The molecule has 0 bridgehead atoms. The van der Waals surface area contributed by atoms with Gasteiger partial charge in [0.05, 0.1) is 0 Å². The summed E-state index contributed by atoms with van der Waals surface area (Å²) in [4.78, 5) is 6.58. The highest BCUT2D eigenvalue weighted by molar-refractivity contribution is 5.16. The SMILES string of the molecule is Cc1cncc(CN(C)CC2CC(N)C2)c1. The normalized spacial score (nSPS) is 24.5. The maximum atomic E-state index is 5.79. The van der Waals surface area contributed by atoms with E-state index in [-0.39, 0.29) is 0 Å². The molecule has 2 rings (SSSR count). The molecule has 1 aliphatic rings. The smallest absolute Gasteiger partial charge is 0.0313 e. The van der Waals surface area contributed by atoms with Gasteiger partial charge in [0.2, 0.25) is 0 Å². The Morgan fingerprint density at radius 3 is 2.81 bits per heavy atom. The van der Waals surface area contributed by atoms with Crippen molar-refractivity contribution in [1.29, 1.82) is 0 Å². The third-order valence-electron chi connectivity index (χ3n) is 3.23. The fourth-order valence-corrected chi connectivity index (χ4v) is 2.46. The topological polar surface area (TPSA) is 42.2 Å². The van der Waals surface area contributed by atoms with E-state index in [0.717, 1.165) is 19.0 Å². The molecular weight excluding hydrogens is 198 g/mol. The van der Waals surface area contributed by atoms with Crippen molar-refractivity contribution in [3.63, 3.8) is 0 Å². The number of nitrogens with zero attached hydrogens (tertiary/aromatic N) is 2. The predicted molar refractivity (Wildman–Crippen MR) is 66.0 cm³/mol. The van der Waals surface area contributed by atoms with Crippen molar-refractivity contribution in [3.8, 4) is 0 Å². The third-order valence-corrected chi connectivity index (χ3v) is 3.23. The van der Waals surface area contributed by atoms with Crippen molar-refractivity contribution in [1.82, 2.24) is 9.88 Å². The zero-order chi connectivity index (χ0) is 11.5. The Bertz CT molecular complexity index is 345. The van der Waals surface area contributed by atoms with Crippen LogP contribution in [0.15, 0.2) is 18.5 Å². The van der Waals surface area contributed by atoms with Crippen LogP contribution in [-0.4, -0.2) is 29.5 Å². The molecule has 0 atom stereocenters. The molecular formula is C13H21N3. The van der Waals surface area contributed by atoms with Gasteiger partial charge in [-0.2, -0.15) is 0 Å². The highest BCUT2D eigenvalue weighted by Gasteiger charge is 2.26. The van der Waals surface area contributed by atoms with E-state index in [4.69, 9.17) is 5.73 Å². The molecule has 1 aromatic rings. The Morgan fingerprint density at radius 2 is 2.19 bits per heavy atom. The Kier molecular flexibility index (Phi) is 3.56. The summed E-state index contributed by atoms with van der Waals surface area (Å²) in [6.07, 6.45) is 6.23. The summed E-state index contributed by atoms with van der Waals surface area (Å²) in [5.41, 5.74) is 8.32. The maximum absolute atomic E-state index is 5.79. The molecule has 2 N–H and O–H groups in total. The largest absolute Gasteiger partial charge is 0.328 e. The van der Waals surface area contributed by atoms with E-state index in [1.807, 2.05) is 12.4 Å². The van der Waals surface area contributed by atoms with Crippen LogP contribution in [0.2, 0.25) is 0 Å². The van der Waals surface area contributed by atoms with E-state index in [2.05, 4.69) is 29.9 Å². The van der Waals surface area contributed by atoms with Crippen LogP contribution >= 0.6 is 0 Å². The monoisotopic (exact) mass is 219 g/mol. The van der Waals surface area contributed by atoms with Crippen LogP contribution in [0.5, 0.6) is 0 Å². The van der Waals surface area contributed by atoms with Gasteiger partial charge in [-0.1, -0.05) is 6.07 Å². The van der Waals surface area contributed by atoms with E-state index in [1.165, 1.54) is 24.0 Å². The number of pyridine rings is 1. The molecule has 0 aromatic carbocycles. The van der Waals surface area contributed by atoms with Gasteiger partial charge in [-0.25, -0.2) is 0 Å². The van der Waals surface area contributed by atoms with Crippen molar-refractivity contribution in [2.24, 2.45) is 11.7 Å². The lowest BCUT2D eigenvalue weighted by atomic mass is 9.80. The molecule has 0 aliphatic heterocycles. The fourth-order valence-electron chi connectivity index (χ4n) is 2.46. The second-order valence-electron chi connectivity index (χ2n) is 5.16. The summed E-state index contributed by atoms with van der Waals surface area (Å²) in [5, 5.41) is 0. The lowest BCUT2D eigenvalue weighted by molar-refractivity contribution is 0.178. The summed E-state index contributed by atoms with van der Waals surface area (Å²) in [6.45, 7) is 4.23. The quantitative estimate of drug-likeness (QED) is 0.835. The average Bonchev–Trinajstić information content (AvgIpc) is 2.15. The van der Waals surface area contributed by atoms with Gasteiger partial charge >= 0.3 is 0 Å². The molecule has 1 saturated carbocycles. The molecule has 0 saturated heterocycles. The first-order valence-corrected chi connectivity index (χ1v) is 5.98. The first-order chi connectivity index (χ1) is 7.63. The molecule has 0 unspecified atom stereocenters. The van der Waals surface area contributed by atoms with Crippen molar-refractivity contribution < 1.29 is 0 Å². The minimum atomic E-state index is 0.457. The molecule has 16 heavy (non-hydrogen) atoms. The Balaban J connectivity index is 1.80. The zero-order valence-corrected chi connectivity index (χ0v) is 10.2. The third kappa shape index (κ3) is 3.03. The van der Waals surface area contributed by atoms with Crippen molar-refractivity contribution in [2.75, 3.05) is 13.6 Å². The van der Waals surface area contributed by atoms with Crippen LogP contribution in [0.25, 0.3) is 0 Å². The summed E-state index contributed by atoms with van der Waals surface area (Å²) in [5.74, 6) is 0.803. The van der Waals surface area contributed by atoms with Gasteiger partial charge in [0.15, 0.2) is 0 Å². The lowest BCUT2D eigenvalue weighted by Crippen LogP contribution is -2.41. The van der Waals surface area contributed by atoms with Gasteiger partial charge in [-0.3, -0.25) is 4.98 Å². The van der Waals surface area contributed by atoms with Gasteiger partial charge in [-0.15, -0.1) is 0 Å². The lowest BCUT2D eigenvalue weighted by Gasteiger charge is -2.35. The van der Waals surface area contributed by atoms with Crippen molar-refractivity contribution in [2.45, 2.75) is 32.4 Å². The maximum Gasteiger partial charge on any atom is 0.0313 e. The molecule has 88 valence electrons. The van der Waals surface area contributed by atoms with Crippen LogP contribution in [0, 0.1) is 12.8 Å². The van der Waals surface area contributed by atoms with Crippen LogP contribution in [0.1, 0.15) is 24.0 Å². The summed E-state index contributed by atoms with van der Waals surface area (Å²) < 4.78 is 0. The number of aryl methyl sites for hydroxylation is 1. The van der Waals surface area contributed by atoms with Gasteiger partial charge in [-0.05, 0) is 43.9 Å². The van der Waals surface area contributed by atoms with Gasteiger partial charge in [0.25, 0.3) is 0 Å². The molecule has 1 fully saturated rings. The van der Waals surface area contributed by atoms with Gasteiger partial charge in [0, 0.05) is 31.5 Å². The minimum absolute atomic E-state index is 0.457. The molecule has 1 heterocycles. The van der Waals surface area contributed by atoms with E-state index in [0.29, 0.717) is 6.04 Å². The second kappa shape index (κ2) is 4.93. The van der Waals surface area contributed by atoms with E-state index in [1.54, 1.807) is 0 Å². The van der Waals surface area contributed by atoms with Gasteiger partial charge in [0.1, 0.15) is 0 Å². The number of aromatic nitrogens is 1. The zero-order valence-electron chi connectivity index (χ0n) is 10.2. The first kappa shape index (κ1) is 11.6. The summed E-state index contributed by atoms with van der Waals surface area (Å²) in [6, 6.07) is 2.66.